The van der Waals surface area contributed by atoms with E-state index in [1.807, 2.05) is 6.08 Å². The Labute approximate surface area is 170 Å². The lowest BCUT2D eigenvalue weighted by molar-refractivity contribution is -0.141. The Morgan fingerprint density at radius 1 is 1.18 bits per heavy atom. The number of unbranched alkanes of at least 4 members (excludes halogenated alkanes) is 3. The van der Waals surface area contributed by atoms with E-state index in [0.29, 0.717) is 25.9 Å². The number of rotatable bonds is 16. The van der Waals surface area contributed by atoms with Crippen LogP contribution in [0.15, 0.2) is 12.7 Å². The number of esters is 1. The average molecular weight is 420 g/mol. The lowest BCUT2D eigenvalue weighted by Crippen LogP contribution is -2.47. The maximum atomic E-state index is 12.2. The second-order valence-corrected chi connectivity index (χ2v) is 8.60. The predicted molar refractivity (Wildman–Crippen MR) is 110 cm³/mol. The molecule has 1 saturated heterocycles. The van der Waals surface area contributed by atoms with Gasteiger partial charge in [0.1, 0.15) is 6.54 Å². The Morgan fingerprint density at radius 2 is 1.89 bits per heavy atom. The Hall–Kier alpha value is -1.00. The highest BCUT2D eigenvalue weighted by molar-refractivity contribution is 7.87. The zero-order valence-corrected chi connectivity index (χ0v) is 18.0. The van der Waals surface area contributed by atoms with Crippen molar-refractivity contribution in [3.63, 3.8) is 0 Å². The molecule has 1 aliphatic heterocycles. The van der Waals surface area contributed by atoms with Crippen LogP contribution in [0.25, 0.3) is 0 Å². The van der Waals surface area contributed by atoms with Gasteiger partial charge in [-0.2, -0.15) is 17.4 Å². The summed E-state index contributed by atoms with van der Waals surface area (Å²) in [5.41, 5.74) is 0. The van der Waals surface area contributed by atoms with Crippen LogP contribution in [0.4, 0.5) is 0 Å². The Morgan fingerprint density at radius 3 is 2.57 bits per heavy atom. The summed E-state index contributed by atoms with van der Waals surface area (Å²) < 4.78 is 38.7. The van der Waals surface area contributed by atoms with E-state index in [4.69, 9.17) is 9.47 Å². The van der Waals surface area contributed by atoms with Gasteiger partial charge < -0.3 is 14.8 Å². The molecule has 0 aromatic heterocycles. The molecule has 0 aliphatic carbocycles. The molecule has 1 fully saturated rings. The summed E-state index contributed by atoms with van der Waals surface area (Å²) in [5, 5.41) is 3.38. The molecule has 0 radical (unpaired) electrons. The van der Waals surface area contributed by atoms with Gasteiger partial charge in [0.15, 0.2) is 0 Å². The summed E-state index contributed by atoms with van der Waals surface area (Å²) in [6.07, 6.45) is 8.93. The van der Waals surface area contributed by atoms with Gasteiger partial charge in [-0.15, -0.1) is 6.58 Å². The molecule has 0 aromatic carbocycles. The van der Waals surface area contributed by atoms with E-state index in [1.54, 1.807) is 6.92 Å². The second kappa shape index (κ2) is 14.9. The number of nitrogens with one attached hydrogen (secondary N) is 2. The van der Waals surface area contributed by atoms with Crippen molar-refractivity contribution in [2.75, 3.05) is 45.9 Å². The van der Waals surface area contributed by atoms with E-state index in [9.17, 15) is 13.2 Å². The summed E-state index contributed by atoms with van der Waals surface area (Å²) in [7, 11) is -3.65. The molecule has 0 saturated carbocycles. The molecule has 0 amide bonds. The standard InChI is InChI=1S/C19H37N3O5S/c1-3-5-12-20-13-8-6-7-9-16-27-18-10-14-22(15-11-18)28(24,25)21-17-19(23)26-4-2/h3,18,20-21H,1,4-17H2,2H3. The maximum absolute atomic E-state index is 12.2. The number of ether oxygens (including phenoxy) is 2. The van der Waals surface area contributed by atoms with Crippen LogP contribution in [0.5, 0.6) is 0 Å². The average Bonchev–Trinajstić information content (AvgIpc) is 2.68. The van der Waals surface area contributed by atoms with Crippen LogP contribution in [0.1, 0.15) is 51.9 Å². The molecule has 9 heteroatoms. The smallest absolute Gasteiger partial charge is 0.321 e. The summed E-state index contributed by atoms with van der Waals surface area (Å²) in [5.74, 6) is -0.572. The zero-order valence-electron chi connectivity index (χ0n) is 17.2. The van der Waals surface area contributed by atoms with Gasteiger partial charge in [0.2, 0.25) is 0 Å². The number of carbonyl (C=O) groups excluding carboxylic acids is 1. The van der Waals surface area contributed by atoms with Crippen molar-refractivity contribution in [2.45, 2.75) is 58.0 Å². The number of hydrogen-bond donors (Lipinski definition) is 2. The molecule has 1 heterocycles. The topological polar surface area (TPSA) is 97.0 Å². The van der Waals surface area contributed by atoms with Crippen molar-refractivity contribution >= 4 is 16.2 Å². The van der Waals surface area contributed by atoms with Crippen molar-refractivity contribution in [3.8, 4) is 0 Å². The van der Waals surface area contributed by atoms with Gasteiger partial charge >= 0.3 is 5.97 Å². The quantitative estimate of drug-likeness (QED) is 0.224. The Kier molecular flexibility index (Phi) is 13.3. The van der Waals surface area contributed by atoms with Crippen molar-refractivity contribution < 1.29 is 22.7 Å². The predicted octanol–water partition coefficient (Wildman–Crippen LogP) is 1.59. The van der Waals surface area contributed by atoms with E-state index in [1.165, 1.54) is 17.1 Å². The van der Waals surface area contributed by atoms with Gasteiger partial charge in [0, 0.05) is 19.7 Å². The summed E-state index contributed by atoms with van der Waals surface area (Å²) in [6, 6.07) is 0. The number of piperidine rings is 1. The fraction of sp³-hybridized carbons (Fsp3) is 0.842. The third kappa shape index (κ3) is 11.1. The monoisotopic (exact) mass is 419 g/mol. The highest BCUT2D eigenvalue weighted by atomic mass is 32.2. The van der Waals surface area contributed by atoms with Crippen LogP contribution in [0.3, 0.4) is 0 Å². The highest BCUT2D eigenvalue weighted by Crippen LogP contribution is 2.16. The van der Waals surface area contributed by atoms with Crippen LogP contribution in [-0.4, -0.2) is 70.7 Å². The molecular weight excluding hydrogens is 382 g/mol. The summed E-state index contributed by atoms with van der Waals surface area (Å²) in [4.78, 5) is 11.3. The first-order valence-electron chi connectivity index (χ1n) is 10.3. The molecular formula is C19H37N3O5S. The molecule has 0 unspecified atom stereocenters. The minimum Gasteiger partial charge on any atom is -0.465 e. The first-order valence-corrected chi connectivity index (χ1v) is 11.8. The molecule has 28 heavy (non-hydrogen) atoms. The molecule has 2 N–H and O–H groups in total. The third-order valence-electron chi connectivity index (χ3n) is 4.57. The van der Waals surface area contributed by atoms with Gasteiger partial charge in [0.25, 0.3) is 10.2 Å². The lowest BCUT2D eigenvalue weighted by atomic mass is 10.1. The fourth-order valence-corrected chi connectivity index (χ4v) is 4.15. The fourth-order valence-electron chi connectivity index (χ4n) is 2.98. The second-order valence-electron chi connectivity index (χ2n) is 6.84. The zero-order chi connectivity index (χ0) is 20.7. The van der Waals surface area contributed by atoms with Gasteiger partial charge in [-0.1, -0.05) is 18.9 Å². The van der Waals surface area contributed by atoms with Crippen molar-refractivity contribution in [1.29, 1.82) is 0 Å². The van der Waals surface area contributed by atoms with Gasteiger partial charge in [-0.05, 0) is 52.1 Å². The van der Waals surface area contributed by atoms with Crippen LogP contribution in [0.2, 0.25) is 0 Å². The van der Waals surface area contributed by atoms with E-state index in [-0.39, 0.29) is 19.3 Å². The molecule has 8 nitrogen and oxygen atoms in total. The lowest BCUT2D eigenvalue weighted by Gasteiger charge is -2.31. The summed E-state index contributed by atoms with van der Waals surface area (Å²) in [6.45, 7) is 8.85. The maximum Gasteiger partial charge on any atom is 0.321 e. The molecule has 0 atom stereocenters. The van der Waals surface area contributed by atoms with E-state index in [2.05, 4.69) is 16.6 Å². The Bertz CT molecular complexity index is 534. The molecule has 1 aliphatic rings. The number of nitrogens with zero attached hydrogens (tertiary/aromatic N) is 1. The normalized spacial score (nSPS) is 16.2. The Balaban J connectivity index is 2.06. The van der Waals surface area contributed by atoms with Crippen molar-refractivity contribution in [2.24, 2.45) is 0 Å². The third-order valence-corrected chi connectivity index (χ3v) is 6.13. The van der Waals surface area contributed by atoms with Crippen LogP contribution >= 0.6 is 0 Å². The largest absolute Gasteiger partial charge is 0.465 e. The minimum atomic E-state index is -3.65. The van der Waals surface area contributed by atoms with Crippen LogP contribution < -0.4 is 10.0 Å². The molecule has 164 valence electrons. The number of hydrogen-bond acceptors (Lipinski definition) is 6. The van der Waals surface area contributed by atoms with E-state index >= 15 is 0 Å². The molecule has 1 rings (SSSR count). The van der Waals surface area contributed by atoms with E-state index in [0.717, 1.165) is 39.0 Å². The SMILES string of the molecule is C=CCCNCCCCCCOC1CCN(S(=O)(=O)NCC(=O)OCC)CC1. The summed E-state index contributed by atoms with van der Waals surface area (Å²) >= 11 is 0. The van der Waals surface area contributed by atoms with Crippen molar-refractivity contribution in [3.05, 3.63) is 12.7 Å². The van der Waals surface area contributed by atoms with Gasteiger partial charge in [-0.25, -0.2) is 0 Å². The van der Waals surface area contributed by atoms with Crippen LogP contribution in [0, 0.1) is 0 Å². The van der Waals surface area contributed by atoms with Gasteiger partial charge in [-0.3, -0.25) is 4.79 Å². The molecule has 0 aromatic rings. The minimum absolute atomic E-state index is 0.108. The molecule has 0 bridgehead atoms. The molecule has 0 spiro atoms. The first-order chi connectivity index (χ1) is 13.5. The first kappa shape index (κ1) is 25.0. The highest BCUT2D eigenvalue weighted by Gasteiger charge is 2.28. The van der Waals surface area contributed by atoms with Crippen molar-refractivity contribution in [1.82, 2.24) is 14.3 Å². The van der Waals surface area contributed by atoms with Gasteiger partial charge in [0.05, 0.1) is 12.7 Å². The number of carbonyl (C=O) groups is 1. The van der Waals surface area contributed by atoms with Crippen LogP contribution in [-0.2, 0) is 24.5 Å². The van der Waals surface area contributed by atoms with E-state index < -0.39 is 16.2 Å².